The van der Waals surface area contributed by atoms with E-state index < -0.39 is 0 Å². The predicted octanol–water partition coefficient (Wildman–Crippen LogP) is 4.67. The van der Waals surface area contributed by atoms with Gasteiger partial charge in [0.25, 0.3) is 0 Å². The van der Waals surface area contributed by atoms with Crippen molar-refractivity contribution in [1.82, 2.24) is 15.2 Å². The number of hydrogen-bond donors (Lipinski definition) is 2. The van der Waals surface area contributed by atoms with Crippen LogP contribution in [-0.4, -0.2) is 15.2 Å². The van der Waals surface area contributed by atoms with E-state index in [0.29, 0.717) is 27.5 Å². The normalized spacial score (nSPS) is 10.3. The van der Waals surface area contributed by atoms with Crippen molar-refractivity contribution in [2.24, 2.45) is 0 Å². The Morgan fingerprint density at radius 3 is 2.50 bits per heavy atom. The predicted molar refractivity (Wildman–Crippen MR) is 89.3 cm³/mol. The minimum absolute atomic E-state index is 0.390. The summed E-state index contributed by atoms with van der Waals surface area (Å²) in [5.74, 6) is 0.916. The van der Waals surface area contributed by atoms with Crippen molar-refractivity contribution >= 4 is 46.3 Å². The van der Waals surface area contributed by atoms with Gasteiger partial charge in [0.05, 0.1) is 16.9 Å². The summed E-state index contributed by atoms with van der Waals surface area (Å²) in [5, 5.41) is 15.1. The molecule has 1 aromatic heterocycles. The largest absolute Gasteiger partial charge is 0.338 e. The Kier molecular flexibility index (Phi) is 4.37. The number of anilines is 4. The first kappa shape index (κ1) is 14.6. The number of benzene rings is 2. The highest BCUT2D eigenvalue weighted by Crippen LogP contribution is 2.27. The second-order valence-corrected chi connectivity index (χ2v) is 5.25. The van der Waals surface area contributed by atoms with Gasteiger partial charge >= 0.3 is 0 Å². The molecule has 2 N–H and O–H groups in total. The highest BCUT2D eigenvalue weighted by Gasteiger charge is 2.05. The van der Waals surface area contributed by atoms with Crippen molar-refractivity contribution in [1.29, 1.82) is 0 Å². The molecule has 0 bridgehead atoms. The van der Waals surface area contributed by atoms with Crippen LogP contribution < -0.4 is 10.6 Å². The van der Waals surface area contributed by atoms with Crippen LogP contribution in [0.15, 0.2) is 54.7 Å². The van der Waals surface area contributed by atoms with Crippen LogP contribution in [0.1, 0.15) is 0 Å². The Morgan fingerprint density at radius 1 is 0.909 bits per heavy atom. The van der Waals surface area contributed by atoms with E-state index >= 15 is 0 Å². The van der Waals surface area contributed by atoms with Crippen LogP contribution in [-0.2, 0) is 0 Å². The third-order valence-corrected chi connectivity index (χ3v) is 3.33. The smallest absolute Gasteiger partial charge is 0.249 e. The third kappa shape index (κ3) is 3.63. The summed E-state index contributed by atoms with van der Waals surface area (Å²) < 4.78 is 0. The van der Waals surface area contributed by atoms with Crippen molar-refractivity contribution in [3.8, 4) is 0 Å². The number of nitrogens with one attached hydrogen (secondary N) is 2. The molecule has 0 aliphatic heterocycles. The monoisotopic (exact) mass is 331 g/mol. The summed E-state index contributed by atoms with van der Waals surface area (Å²) in [4.78, 5) is 4.34. The van der Waals surface area contributed by atoms with E-state index in [1.165, 1.54) is 6.20 Å². The fourth-order valence-corrected chi connectivity index (χ4v) is 2.25. The van der Waals surface area contributed by atoms with Crippen LogP contribution in [0.3, 0.4) is 0 Å². The molecule has 110 valence electrons. The number of aromatic nitrogens is 3. The summed E-state index contributed by atoms with van der Waals surface area (Å²) in [6.45, 7) is 0. The van der Waals surface area contributed by atoms with E-state index in [9.17, 15) is 0 Å². The molecule has 0 saturated heterocycles. The van der Waals surface area contributed by atoms with Crippen molar-refractivity contribution in [2.45, 2.75) is 0 Å². The van der Waals surface area contributed by atoms with E-state index in [1.807, 2.05) is 30.3 Å². The van der Waals surface area contributed by atoms with Crippen molar-refractivity contribution in [2.75, 3.05) is 10.6 Å². The van der Waals surface area contributed by atoms with Gasteiger partial charge in [-0.2, -0.15) is 10.1 Å². The van der Waals surface area contributed by atoms with Crippen molar-refractivity contribution in [3.63, 3.8) is 0 Å². The lowest BCUT2D eigenvalue weighted by molar-refractivity contribution is 0.982. The maximum absolute atomic E-state index is 6.12. The molecule has 0 aliphatic carbocycles. The lowest BCUT2D eigenvalue weighted by Gasteiger charge is -2.09. The summed E-state index contributed by atoms with van der Waals surface area (Å²) in [5.41, 5.74) is 1.57. The van der Waals surface area contributed by atoms with Gasteiger partial charge in [-0.1, -0.05) is 41.4 Å². The molecule has 0 aliphatic rings. The molecule has 22 heavy (non-hydrogen) atoms. The third-order valence-electron chi connectivity index (χ3n) is 2.78. The van der Waals surface area contributed by atoms with Gasteiger partial charge in [0.15, 0.2) is 5.82 Å². The van der Waals surface area contributed by atoms with Crippen LogP contribution in [0, 0.1) is 0 Å². The zero-order valence-corrected chi connectivity index (χ0v) is 12.8. The van der Waals surface area contributed by atoms with E-state index in [-0.39, 0.29) is 0 Å². The molecule has 0 unspecified atom stereocenters. The SMILES string of the molecule is Clc1ccc(Nc2cnnc(Nc3ccccc3)n2)c(Cl)c1. The molecule has 0 saturated carbocycles. The quantitative estimate of drug-likeness (QED) is 0.727. The molecule has 3 rings (SSSR count). The summed E-state index contributed by atoms with van der Waals surface area (Å²) in [6, 6.07) is 14.8. The van der Waals surface area contributed by atoms with E-state index in [2.05, 4.69) is 25.8 Å². The minimum atomic E-state index is 0.390. The second kappa shape index (κ2) is 6.60. The first-order chi connectivity index (χ1) is 10.7. The van der Waals surface area contributed by atoms with Crippen LogP contribution in [0.4, 0.5) is 23.1 Å². The molecule has 0 fully saturated rings. The molecule has 2 aromatic carbocycles. The number of halogens is 2. The maximum atomic E-state index is 6.12. The molecule has 1 heterocycles. The summed E-state index contributed by atoms with van der Waals surface area (Å²) >= 11 is 12.0. The van der Waals surface area contributed by atoms with Crippen LogP contribution in [0.5, 0.6) is 0 Å². The molecule has 0 radical (unpaired) electrons. The molecular weight excluding hydrogens is 321 g/mol. The average molecular weight is 332 g/mol. The molecule has 0 spiro atoms. The Bertz CT molecular complexity index is 780. The summed E-state index contributed by atoms with van der Waals surface area (Å²) in [6.07, 6.45) is 1.51. The van der Waals surface area contributed by atoms with Crippen molar-refractivity contribution < 1.29 is 0 Å². The van der Waals surface area contributed by atoms with Crippen molar-refractivity contribution in [3.05, 3.63) is 64.8 Å². The number of para-hydroxylation sites is 1. The Morgan fingerprint density at radius 2 is 1.73 bits per heavy atom. The zero-order valence-electron chi connectivity index (χ0n) is 11.3. The van der Waals surface area contributed by atoms with E-state index in [1.54, 1.807) is 18.2 Å². The Balaban J connectivity index is 1.79. The van der Waals surface area contributed by atoms with Gasteiger partial charge in [-0.25, -0.2) is 0 Å². The molecule has 3 aromatic rings. The van der Waals surface area contributed by atoms with E-state index in [4.69, 9.17) is 23.2 Å². The van der Waals surface area contributed by atoms with Crippen LogP contribution >= 0.6 is 23.2 Å². The maximum Gasteiger partial charge on any atom is 0.249 e. The zero-order chi connectivity index (χ0) is 15.4. The van der Waals surface area contributed by atoms with Gasteiger partial charge in [-0.05, 0) is 30.3 Å². The van der Waals surface area contributed by atoms with Gasteiger partial charge in [0.2, 0.25) is 5.95 Å². The second-order valence-electron chi connectivity index (χ2n) is 4.41. The standard InChI is InChI=1S/C15H11Cl2N5/c16-10-6-7-13(12(17)8-10)20-14-9-18-22-15(21-14)19-11-4-2-1-3-5-11/h1-9H,(H2,19,20,21,22). The first-order valence-corrected chi connectivity index (χ1v) is 7.20. The lowest BCUT2D eigenvalue weighted by Crippen LogP contribution is -2.02. The summed E-state index contributed by atoms with van der Waals surface area (Å²) in [7, 11) is 0. The number of nitrogens with zero attached hydrogens (tertiary/aromatic N) is 3. The molecule has 0 amide bonds. The van der Waals surface area contributed by atoms with Crippen LogP contribution in [0.2, 0.25) is 10.0 Å². The highest BCUT2D eigenvalue weighted by molar-refractivity contribution is 6.36. The van der Waals surface area contributed by atoms with Crippen LogP contribution in [0.25, 0.3) is 0 Å². The first-order valence-electron chi connectivity index (χ1n) is 6.44. The van der Waals surface area contributed by atoms with Gasteiger partial charge < -0.3 is 10.6 Å². The molecule has 5 nitrogen and oxygen atoms in total. The molecule has 7 heteroatoms. The Labute approximate surface area is 137 Å². The lowest BCUT2D eigenvalue weighted by atomic mass is 10.3. The molecule has 0 atom stereocenters. The van der Waals surface area contributed by atoms with Gasteiger partial charge in [-0.15, -0.1) is 5.10 Å². The average Bonchev–Trinajstić information content (AvgIpc) is 2.52. The fraction of sp³-hybridized carbons (Fsp3) is 0. The topological polar surface area (TPSA) is 62.7 Å². The number of hydrogen-bond acceptors (Lipinski definition) is 5. The van der Waals surface area contributed by atoms with Gasteiger partial charge in [0, 0.05) is 10.7 Å². The van der Waals surface area contributed by atoms with E-state index in [0.717, 1.165) is 5.69 Å². The minimum Gasteiger partial charge on any atom is -0.338 e. The Hall–Kier alpha value is -2.37. The fourth-order valence-electron chi connectivity index (χ4n) is 1.80. The highest BCUT2D eigenvalue weighted by atomic mass is 35.5. The van der Waals surface area contributed by atoms with Gasteiger partial charge in [-0.3, -0.25) is 0 Å². The number of rotatable bonds is 4. The molecular formula is C15H11Cl2N5. The van der Waals surface area contributed by atoms with Gasteiger partial charge in [0.1, 0.15) is 0 Å².